The van der Waals surface area contributed by atoms with Crippen molar-refractivity contribution in [2.24, 2.45) is 5.41 Å². The van der Waals surface area contributed by atoms with E-state index in [1.165, 1.54) is 0 Å². The molecule has 0 amide bonds. The van der Waals surface area contributed by atoms with Crippen LogP contribution in [0.4, 0.5) is 5.82 Å². The lowest BCUT2D eigenvalue weighted by molar-refractivity contribution is -0.134. The number of anilines is 1. The second-order valence-electron chi connectivity index (χ2n) is 10.6. The van der Waals surface area contributed by atoms with Crippen LogP contribution in [-0.2, 0) is 4.79 Å². The van der Waals surface area contributed by atoms with E-state index in [1.54, 1.807) is 0 Å². The van der Waals surface area contributed by atoms with E-state index in [1.807, 2.05) is 24.3 Å². The van der Waals surface area contributed by atoms with Crippen molar-refractivity contribution in [2.45, 2.75) is 79.7 Å². The number of fused-ring (bicyclic) bond motifs is 1. The van der Waals surface area contributed by atoms with Gasteiger partial charge in [0.2, 0.25) is 0 Å². The zero-order valence-corrected chi connectivity index (χ0v) is 20.6. The number of imidazole rings is 1. The number of carbonyl (C=O) groups is 1. The molecule has 0 aliphatic carbocycles. The Morgan fingerprint density at radius 2 is 1.88 bits per heavy atom. The van der Waals surface area contributed by atoms with Gasteiger partial charge in [0.25, 0.3) is 0 Å². The Labute approximate surface area is 192 Å². The smallest absolute Gasteiger partial charge is 0.311 e. The molecule has 0 fully saturated rings. The second-order valence-corrected chi connectivity index (χ2v) is 10.6. The molecule has 172 valence electrons. The third-order valence-electron chi connectivity index (χ3n) is 5.28. The number of nitrogens with one attached hydrogen (secondary N) is 1. The fourth-order valence-electron chi connectivity index (χ4n) is 4.37. The first kappa shape index (κ1) is 23.8. The van der Waals surface area contributed by atoms with Crippen molar-refractivity contribution < 1.29 is 9.53 Å². The van der Waals surface area contributed by atoms with Gasteiger partial charge in [-0.15, -0.1) is 0 Å². The van der Waals surface area contributed by atoms with E-state index in [2.05, 4.69) is 76.5 Å². The van der Waals surface area contributed by atoms with E-state index in [0.717, 1.165) is 47.5 Å². The summed E-state index contributed by atoms with van der Waals surface area (Å²) in [5.74, 6) is 1.31. The number of pyridine rings is 1. The number of aryl methyl sites for hydroxylation is 1. The molecule has 0 saturated heterocycles. The van der Waals surface area contributed by atoms with Crippen LogP contribution in [-0.4, -0.2) is 20.9 Å². The highest BCUT2D eigenvalue weighted by molar-refractivity contribution is 5.79. The van der Waals surface area contributed by atoms with Crippen molar-refractivity contribution >= 4 is 17.4 Å². The van der Waals surface area contributed by atoms with Crippen LogP contribution in [0.1, 0.15) is 72.8 Å². The van der Waals surface area contributed by atoms with Crippen molar-refractivity contribution in [3.63, 3.8) is 0 Å². The topological polar surface area (TPSA) is 55.6 Å². The molecular weight excluding hydrogens is 398 g/mol. The number of hydrogen-bond donors (Lipinski definition) is 1. The minimum atomic E-state index is -0.195. The van der Waals surface area contributed by atoms with E-state index >= 15 is 0 Å². The van der Waals surface area contributed by atoms with Crippen LogP contribution in [0.2, 0.25) is 0 Å². The third kappa shape index (κ3) is 6.12. The number of unbranched alkanes of at least 4 members (excludes halogenated alkanes) is 1. The van der Waals surface area contributed by atoms with Gasteiger partial charge in [-0.2, -0.15) is 0 Å². The molecule has 3 rings (SSSR count). The van der Waals surface area contributed by atoms with E-state index in [9.17, 15) is 4.79 Å². The lowest BCUT2D eigenvalue weighted by Crippen LogP contribution is -2.36. The molecule has 0 aliphatic rings. The monoisotopic (exact) mass is 435 g/mol. The van der Waals surface area contributed by atoms with Gasteiger partial charge in [-0.1, -0.05) is 46.2 Å². The summed E-state index contributed by atoms with van der Waals surface area (Å²) in [6.07, 6.45) is 5.29. The maximum atomic E-state index is 12.1. The number of aromatic nitrogens is 2. The first-order valence-electron chi connectivity index (χ1n) is 11.6. The first-order valence-corrected chi connectivity index (χ1v) is 11.6. The maximum absolute atomic E-state index is 12.1. The molecule has 0 radical (unpaired) electrons. The third-order valence-corrected chi connectivity index (χ3v) is 5.28. The highest BCUT2D eigenvalue weighted by Gasteiger charge is 2.28. The Hall–Kier alpha value is -2.82. The molecule has 32 heavy (non-hydrogen) atoms. The molecule has 0 unspecified atom stereocenters. The maximum Gasteiger partial charge on any atom is 0.311 e. The van der Waals surface area contributed by atoms with Crippen molar-refractivity contribution in [2.75, 3.05) is 5.32 Å². The zero-order chi connectivity index (χ0) is 23.5. The molecule has 5 heteroatoms. The normalized spacial score (nSPS) is 12.2. The van der Waals surface area contributed by atoms with Gasteiger partial charge in [0, 0.05) is 23.7 Å². The van der Waals surface area contributed by atoms with E-state index in [-0.39, 0.29) is 16.9 Å². The Bertz CT molecular complexity index is 1090. The largest absolute Gasteiger partial charge is 0.427 e. The van der Waals surface area contributed by atoms with Crippen molar-refractivity contribution in [3.05, 3.63) is 48.2 Å². The molecule has 2 heterocycles. The lowest BCUT2D eigenvalue weighted by Gasteiger charge is -2.34. The molecule has 0 bridgehead atoms. The van der Waals surface area contributed by atoms with Gasteiger partial charge in [-0.05, 0) is 68.9 Å². The number of rotatable bonds is 8. The van der Waals surface area contributed by atoms with Crippen LogP contribution in [0.5, 0.6) is 5.75 Å². The molecule has 1 aromatic carbocycles. The summed E-state index contributed by atoms with van der Waals surface area (Å²) in [4.78, 5) is 17.1. The summed E-state index contributed by atoms with van der Waals surface area (Å²) in [5, 5.41) is 3.77. The molecule has 0 aliphatic heterocycles. The Morgan fingerprint density at radius 3 is 2.56 bits per heavy atom. The van der Waals surface area contributed by atoms with Gasteiger partial charge in [0.05, 0.1) is 0 Å². The number of ether oxygens (including phenoxy) is 1. The van der Waals surface area contributed by atoms with Crippen LogP contribution in [0.3, 0.4) is 0 Å². The highest BCUT2D eigenvalue weighted by Crippen LogP contribution is 2.36. The summed E-state index contributed by atoms with van der Waals surface area (Å²) >= 11 is 0. The number of benzene rings is 1. The average Bonchev–Trinajstić information content (AvgIpc) is 3.01. The van der Waals surface area contributed by atoms with Gasteiger partial charge in [-0.3, -0.25) is 9.20 Å². The quantitative estimate of drug-likeness (QED) is 0.305. The number of esters is 1. The van der Waals surface area contributed by atoms with Crippen LogP contribution in [0, 0.1) is 12.3 Å². The predicted molar refractivity (Wildman–Crippen MR) is 132 cm³/mol. The fraction of sp³-hybridized carbons (Fsp3) is 0.481. The van der Waals surface area contributed by atoms with E-state index < -0.39 is 0 Å². The Kier molecular flexibility index (Phi) is 6.97. The zero-order valence-electron chi connectivity index (χ0n) is 20.6. The standard InChI is InChI=1S/C27H37N3O2/c1-8-9-13-23(31)32-21-12-10-11-20(17-21)24-25(29-27(6,7)18-26(3,4)5)30-15-14-19(2)16-22(30)28-24/h10-12,14-17,29H,8-9,13,18H2,1-7H3. The summed E-state index contributed by atoms with van der Waals surface area (Å²) in [6.45, 7) is 15.3. The first-order chi connectivity index (χ1) is 15.0. The van der Waals surface area contributed by atoms with Crippen LogP contribution < -0.4 is 10.1 Å². The van der Waals surface area contributed by atoms with Crippen LogP contribution in [0.25, 0.3) is 16.9 Å². The molecule has 1 N–H and O–H groups in total. The summed E-state index contributed by atoms with van der Waals surface area (Å²) in [7, 11) is 0. The number of nitrogens with zero attached hydrogens (tertiary/aromatic N) is 2. The molecule has 2 aromatic heterocycles. The van der Waals surface area contributed by atoms with Crippen LogP contribution >= 0.6 is 0 Å². The van der Waals surface area contributed by atoms with Crippen molar-refractivity contribution in [3.8, 4) is 17.0 Å². The highest BCUT2D eigenvalue weighted by atomic mass is 16.5. The van der Waals surface area contributed by atoms with Crippen molar-refractivity contribution in [1.29, 1.82) is 0 Å². The lowest BCUT2D eigenvalue weighted by atomic mass is 9.82. The summed E-state index contributed by atoms with van der Waals surface area (Å²) in [6, 6.07) is 11.8. The molecule has 0 spiro atoms. The second kappa shape index (κ2) is 9.35. The molecule has 5 nitrogen and oxygen atoms in total. The number of carbonyl (C=O) groups excluding carboxylic acids is 1. The van der Waals surface area contributed by atoms with Crippen molar-refractivity contribution in [1.82, 2.24) is 9.38 Å². The Balaban J connectivity index is 2.02. The summed E-state index contributed by atoms with van der Waals surface area (Å²) in [5.41, 5.74) is 3.86. The molecule has 3 aromatic rings. The minimum Gasteiger partial charge on any atom is -0.427 e. The average molecular weight is 436 g/mol. The Morgan fingerprint density at radius 1 is 1.12 bits per heavy atom. The van der Waals surface area contributed by atoms with Crippen LogP contribution in [0.15, 0.2) is 42.6 Å². The minimum absolute atomic E-state index is 0.141. The van der Waals surface area contributed by atoms with Gasteiger partial charge in [-0.25, -0.2) is 4.98 Å². The molecular formula is C27H37N3O2. The summed E-state index contributed by atoms with van der Waals surface area (Å²) < 4.78 is 7.69. The predicted octanol–water partition coefficient (Wildman–Crippen LogP) is 7.03. The van der Waals surface area contributed by atoms with Gasteiger partial charge in [0.1, 0.15) is 22.9 Å². The molecule has 0 saturated carbocycles. The van der Waals surface area contributed by atoms with E-state index in [4.69, 9.17) is 9.72 Å². The fourth-order valence-corrected chi connectivity index (χ4v) is 4.37. The SMILES string of the molecule is CCCCC(=O)Oc1cccc(-c2nc3cc(C)ccn3c2NC(C)(C)CC(C)(C)C)c1. The molecule has 0 atom stereocenters. The van der Waals surface area contributed by atoms with Gasteiger partial charge >= 0.3 is 5.97 Å². The van der Waals surface area contributed by atoms with E-state index in [0.29, 0.717) is 12.2 Å². The van der Waals surface area contributed by atoms with Gasteiger partial charge in [0.15, 0.2) is 0 Å². The van der Waals surface area contributed by atoms with Gasteiger partial charge < -0.3 is 10.1 Å². The number of hydrogen-bond acceptors (Lipinski definition) is 4.